The van der Waals surface area contributed by atoms with Crippen molar-refractivity contribution < 1.29 is 8.78 Å². The van der Waals surface area contributed by atoms with E-state index in [0.29, 0.717) is 0 Å². The smallest absolute Gasteiger partial charge is 0.255 e. The zero-order valence-corrected chi connectivity index (χ0v) is 8.59. The van der Waals surface area contributed by atoms with E-state index in [1.54, 1.807) is 0 Å². The molecule has 0 spiro atoms. The van der Waals surface area contributed by atoms with E-state index in [1.165, 1.54) is 12.3 Å². The average Bonchev–Trinajstić information content (AvgIpc) is 2.16. The van der Waals surface area contributed by atoms with Gasteiger partial charge in [-0.15, -0.1) is 0 Å². The number of halogens is 2. The standard InChI is InChI=1S/C12H11F2N/c1-7-3-8(2)11-9(4-7)5-10(6-15-11)12(13)14/h3-6,12H,1-2H3. The first-order valence-electron chi connectivity index (χ1n) is 4.73. The Kier molecular flexibility index (Phi) is 2.39. The zero-order valence-electron chi connectivity index (χ0n) is 8.59. The lowest BCUT2D eigenvalue weighted by Gasteiger charge is -2.05. The molecule has 0 saturated carbocycles. The highest BCUT2D eigenvalue weighted by molar-refractivity contribution is 5.82. The summed E-state index contributed by atoms with van der Waals surface area (Å²) in [4.78, 5) is 4.06. The van der Waals surface area contributed by atoms with E-state index < -0.39 is 6.43 Å². The van der Waals surface area contributed by atoms with E-state index in [9.17, 15) is 8.78 Å². The van der Waals surface area contributed by atoms with E-state index in [2.05, 4.69) is 4.98 Å². The first-order valence-corrected chi connectivity index (χ1v) is 4.73. The summed E-state index contributed by atoms with van der Waals surface area (Å²) in [5.74, 6) is 0. The molecule has 0 saturated heterocycles. The Morgan fingerprint density at radius 2 is 1.87 bits per heavy atom. The summed E-state index contributed by atoms with van der Waals surface area (Å²) in [5.41, 5.74) is 2.86. The summed E-state index contributed by atoms with van der Waals surface area (Å²) >= 11 is 0. The molecule has 0 unspecified atom stereocenters. The molecule has 1 aromatic carbocycles. The molecule has 0 atom stereocenters. The number of hydrogen-bond donors (Lipinski definition) is 0. The Morgan fingerprint density at radius 3 is 2.53 bits per heavy atom. The van der Waals surface area contributed by atoms with Crippen molar-refractivity contribution in [2.75, 3.05) is 0 Å². The minimum absolute atomic E-state index is 0.0208. The molecule has 0 fully saturated rings. The number of aromatic nitrogens is 1. The van der Waals surface area contributed by atoms with Crippen LogP contribution in [0, 0.1) is 13.8 Å². The van der Waals surface area contributed by atoms with Crippen molar-refractivity contribution in [2.45, 2.75) is 20.3 Å². The minimum Gasteiger partial charge on any atom is -0.255 e. The van der Waals surface area contributed by atoms with Crippen LogP contribution in [0.5, 0.6) is 0 Å². The summed E-state index contributed by atoms with van der Waals surface area (Å²) < 4.78 is 24.9. The maximum atomic E-state index is 12.5. The van der Waals surface area contributed by atoms with Gasteiger partial charge in [-0.05, 0) is 31.5 Å². The third kappa shape index (κ3) is 1.82. The van der Waals surface area contributed by atoms with Crippen LogP contribution in [0.4, 0.5) is 8.78 Å². The third-order valence-corrected chi connectivity index (χ3v) is 2.39. The summed E-state index contributed by atoms with van der Waals surface area (Å²) in [6.07, 6.45) is -1.21. The number of pyridine rings is 1. The van der Waals surface area contributed by atoms with E-state index in [0.717, 1.165) is 22.0 Å². The molecular weight excluding hydrogens is 196 g/mol. The Balaban J connectivity index is 2.71. The Labute approximate surface area is 86.8 Å². The number of alkyl halides is 2. The monoisotopic (exact) mass is 207 g/mol. The molecule has 78 valence electrons. The molecule has 0 aliphatic rings. The maximum Gasteiger partial charge on any atom is 0.265 e. The number of hydrogen-bond acceptors (Lipinski definition) is 1. The van der Waals surface area contributed by atoms with Crippen LogP contribution >= 0.6 is 0 Å². The van der Waals surface area contributed by atoms with Crippen molar-refractivity contribution in [2.24, 2.45) is 0 Å². The molecule has 0 aliphatic heterocycles. The van der Waals surface area contributed by atoms with Crippen molar-refractivity contribution in [3.63, 3.8) is 0 Å². The lowest BCUT2D eigenvalue weighted by atomic mass is 10.1. The Bertz CT molecular complexity index is 506. The van der Waals surface area contributed by atoms with Gasteiger partial charge in [-0.3, -0.25) is 4.98 Å². The fourth-order valence-electron chi connectivity index (χ4n) is 1.75. The lowest BCUT2D eigenvalue weighted by Crippen LogP contribution is -1.90. The van der Waals surface area contributed by atoms with Crippen LogP contribution in [-0.4, -0.2) is 4.98 Å². The lowest BCUT2D eigenvalue weighted by molar-refractivity contribution is 0.151. The van der Waals surface area contributed by atoms with Gasteiger partial charge in [-0.2, -0.15) is 0 Å². The predicted molar refractivity (Wildman–Crippen MR) is 56.2 cm³/mol. The van der Waals surface area contributed by atoms with Crippen LogP contribution in [0.25, 0.3) is 10.9 Å². The quantitative estimate of drug-likeness (QED) is 0.693. The normalized spacial score (nSPS) is 11.3. The van der Waals surface area contributed by atoms with Crippen molar-refractivity contribution in [3.8, 4) is 0 Å². The number of fused-ring (bicyclic) bond motifs is 1. The SMILES string of the molecule is Cc1cc(C)c2ncc(C(F)F)cc2c1. The van der Waals surface area contributed by atoms with Gasteiger partial charge in [-0.1, -0.05) is 11.6 Å². The van der Waals surface area contributed by atoms with Crippen LogP contribution in [0.3, 0.4) is 0 Å². The molecule has 2 rings (SSSR count). The summed E-state index contributed by atoms with van der Waals surface area (Å²) in [7, 11) is 0. The van der Waals surface area contributed by atoms with Crippen molar-refractivity contribution in [1.29, 1.82) is 0 Å². The highest BCUT2D eigenvalue weighted by Crippen LogP contribution is 2.24. The molecule has 0 aliphatic carbocycles. The number of nitrogens with zero attached hydrogens (tertiary/aromatic N) is 1. The summed E-state index contributed by atoms with van der Waals surface area (Å²) in [6.45, 7) is 3.88. The van der Waals surface area contributed by atoms with Crippen molar-refractivity contribution >= 4 is 10.9 Å². The Morgan fingerprint density at radius 1 is 1.13 bits per heavy atom. The molecule has 0 radical (unpaired) electrons. The molecule has 3 heteroatoms. The van der Waals surface area contributed by atoms with Crippen LogP contribution in [0.2, 0.25) is 0 Å². The molecule has 1 heterocycles. The van der Waals surface area contributed by atoms with E-state index in [-0.39, 0.29) is 5.56 Å². The zero-order chi connectivity index (χ0) is 11.0. The average molecular weight is 207 g/mol. The molecule has 0 bridgehead atoms. The van der Waals surface area contributed by atoms with Gasteiger partial charge in [0.05, 0.1) is 5.52 Å². The summed E-state index contributed by atoms with van der Waals surface area (Å²) in [5, 5.41) is 0.783. The molecule has 1 nitrogen and oxygen atoms in total. The second kappa shape index (κ2) is 3.57. The fourth-order valence-corrected chi connectivity index (χ4v) is 1.75. The Hall–Kier alpha value is -1.51. The first kappa shape index (κ1) is 10.0. The van der Waals surface area contributed by atoms with Crippen molar-refractivity contribution in [1.82, 2.24) is 4.98 Å². The van der Waals surface area contributed by atoms with Gasteiger partial charge >= 0.3 is 0 Å². The highest BCUT2D eigenvalue weighted by atomic mass is 19.3. The molecule has 15 heavy (non-hydrogen) atoms. The maximum absolute atomic E-state index is 12.5. The van der Waals surface area contributed by atoms with Gasteiger partial charge in [0, 0.05) is 17.1 Å². The largest absolute Gasteiger partial charge is 0.265 e. The van der Waals surface area contributed by atoms with Crippen LogP contribution < -0.4 is 0 Å². The van der Waals surface area contributed by atoms with Gasteiger partial charge in [0.1, 0.15) is 0 Å². The predicted octanol–water partition coefficient (Wildman–Crippen LogP) is 3.79. The van der Waals surface area contributed by atoms with E-state index >= 15 is 0 Å². The van der Waals surface area contributed by atoms with Gasteiger partial charge in [0.2, 0.25) is 0 Å². The van der Waals surface area contributed by atoms with E-state index in [4.69, 9.17) is 0 Å². The molecule has 0 amide bonds. The number of benzene rings is 1. The number of rotatable bonds is 1. The second-order valence-electron chi connectivity index (χ2n) is 3.72. The molecule has 2 aromatic rings. The minimum atomic E-state index is -2.46. The van der Waals surface area contributed by atoms with Gasteiger partial charge in [0.25, 0.3) is 6.43 Å². The van der Waals surface area contributed by atoms with E-state index in [1.807, 2.05) is 26.0 Å². The fraction of sp³-hybridized carbons (Fsp3) is 0.250. The highest BCUT2D eigenvalue weighted by Gasteiger charge is 2.09. The van der Waals surface area contributed by atoms with Crippen LogP contribution in [-0.2, 0) is 0 Å². The second-order valence-corrected chi connectivity index (χ2v) is 3.72. The van der Waals surface area contributed by atoms with Crippen molar-refractivity contribution in [3.05, 3.63) is 41.1 Å². The van der Waals surface area contributed by atoms with Gasteiger partial charge in [-0.25, -0.2) is 8.78 Å². The topological polar surface area (TPSA) is 12.9 Å². The first-order chi connectivity index (χ1) is 7.08. The molecule has 0 N–H and O–H groups in total. The van der Waals surface area contributed by atoms with Gasteiger partial charge < -0.3 is 0 Å². The number of aryl methyl sites for hydroxylation is 2. The molecular formula is C12H11F2N. The third-order valence-electron chi connectivity index (χ3n) is 2.39. The van der Waals surface area contributed by atoms with Crippen LogP contribution in [0.1, 0.15) is 23.1 Å². The molecule has 1 aromatic heterocycles. The summed E-state index contributed by atoms with van der Waals surface area (Å²) in [6, 6.07) is 5.38. The van der Waals surface area contributed by atoms with Crippen LogP contribution in [0.15, 0.2) is 24.4 Å². The van der Waals surface area contributed by atoms with Gasteiger partial charge in [0.15, 0.2) is 0 Å².